The number of hydrogen-bond acceptors (Lipinski definition) is 7. The van der Waals surface area contributed by atoms with Crippen molar-refractivity contribution in [3.05, 3.63) is 6.42 Å². The third-order valence-corrected chi connectivity index (χ3v) is 2.99. The van der Waals surface area contributed by atoms with Crippen molar-refractivity contribution in [1.29, 1.82) is 0 Å². The van der Waals surface area contributed by atoms with E-state index in [1.54, 1.807) is 4.72 Å². The molecule has 0 saturated carbocycles. The maximum Gasteiger partial charge on any atom is 0.397 e. The van der Waals surface area contributed by atoms with E-state index in [2.05, 4.69) is 4.18 Å². The molecule has 0 aromatic carbocycles. The van der Waals surface area contributed by atoms with Crippen LogP contribution in [0.4, 0.5) is 0 Å². The van der Waals surface area contributed by atoms with Gasteiger partial charge in [-0.15, -0.1) is 0 Å². The van der Waals surface area contributed by atoms with E-state index in [0.717, 1.165) is 6.42 Å². The Bertz CT molecular complexity index is 459. The molecule has 0 saturated heterocycles. The molecule has 0 fully saturated rings. The molecule has 0 aliphatic heterocycles. The first-order chi connectivity index (χ1) is 8.44. The van der Waals surface area contributed by atoms with Gasteiger partial charge in [-0.25, -0.2) is 4.18 Å². The monoisotopic (exact) mass is 322 g/mol. The molecule has 10 nitrogen and oxygen atoms in total. The summed E-state index contributed by atoms with van der Waals surface area (Å²) in [5.74, 6) is 0. The summed E-state index contributed by atoms with van der Waals surface area (Å²) in [6.45, 7) is 0.652. The summed E-state index contributed by atoms with van der Waals surface area (Å²) >= 11 is 0. The minimum Gasteiger partial charge on any atom is -0.391 e. The zero-order valence-corrected chi connectivity index (χ0v) is 11.5. The highest BCUT2D eigenvalue weighted by molar-refractivity contribution is 7.83. The lowest BCUT2D eigenvalue weighted by molar-refractivity contribution is 0.0815. The van der Waals surface area contributed by atoms with E-state index >= 15 is 0 Å². The lowest BCUT2D eigenvalue weighted by Gasteiger charge is -2.22. The molecular formula is C7H16NO9S2. The van der Waals surface area contributed by atoms with Gasteiger partial charge in [-0.2, -0.15) is 21.6 Å². The first-order valence-electron chi connectivity index (χ1n) is 5.02. The van der Waals surface area contributed by atoms with E-state index in [1.165, 1.54) is 6.92 Å². The molecule has 0 spiro atoms. The first-order valence-corrected chi connectivity index (χ1v) is 7.83. The van der Waals surface area contributed by atoms with Gasteiger partial charge >= 0.3 is 20.7 Å². The Morgan fingerprint density at radius 3 is 2.11 bits per heavy atom. The topological polar surface area (TPSA) is 170 Å². The third-order valence-electron chi connectivity index (χ3n) is 1.96. The maximum atomic E-state index is 10.6. The van der Waals surface area contributed by atoms with Crippen molar-refractivity contribution in [2.45, 2.75) is 31.6 Å². The first kappa shape index (κ1) is 18.7. The predicted octanol–water partition coefficient (Wildman–Crippen LogP) is -2.10. The van der Waals surface area contributed by atoms with Crippen molar-refractivity contribution >= 4 is 20.7 Å². The highest BCUT2D eigenvalue weighted by Crippen LogP contribution is 2.07. The third kappa shape index (κ3) is 10.1. The highest BCUT2D eigenvalue weighted by Gasteiger charge is 2.25. The van der Waals surface area contributed by atoms with Crippen molar-refractivity contribution in [3.8, 4) is 0 Å². The zero-order chi connectivity index (χ0) is 15.3. The Morgan fingerprint density at radius 2 is 1.74 bits per heavy atom. The second kappa shape index (κ2) is 7.44. The lowest BCUT2D eigenvalue weighted by atomic mass is 10.0. The predicted molar refractivity (Wildman–Crippen MR) is 62.6 cm³/mol. The molecule has 115 valence electrons. The summed E-state index contributed by atoms with van der Waals surface area (Å²) in [7, 11) is -9.25. The molecule has 0 rings (SSSR count). The van der Waals surface area contributed by atoms with Crippen molar-refractivity contribution in [2.24, 2.45) is 0 Å². The standard InChI is InChI=1S/C7H16NO9S2/c1-2-6(8-18(11,12)13)7(10)3-5(9)4-17-19(14,15)16/h3,5-10H,2,4H2,1H3,(H,11,12,13)(H,14,15,16)/t5?,6?,7-/m0/s1. The summed E-state index contributed by atoms with van der Waals surface area (Å²) in [6, 6.07) is -1.12. The van der Waals surface area contributed by atoms with Gasteiger partial charge in [0.2, 0.25) is 0 Å². The summed E-state index contributed by atoms with van der Waals surface area (Å²) in [4.78, 5) is 0. The number of aliphatic hydroxyl groups is 2. The fourth-order valence-corrected chi connectivity index (χ4v) is 2.16. The van der Waals surface area contributed by atoms with Crippen molar-refractivity contribution in [1.82, 2.24) is 4.72 Å². The van der Waals surface area contributed by atoms with Crippen LogP contribution in [0.5, 0.6) is 0 Å². The van der Waals surface area contributed by atoms with Gasteiger partial charge in [0.25, 0.3) is 0 Å². The molecule has 12 heteroatoms. The molecule has 2 unspecified atom stereocenters. The van der Waals surface area contributed by atoms with E-state index in [4.69, 9.17) is 9.11 Å². The molecule has 0 amide bonds. The van der Waals surface area contributed by atoms with Gasteiger partial charge in [0.1, 0.15) is 0 Å². The Hall–Kier alpha value is -0.340. The van der Waals surface area contributed by atoms with Gasteiger partial charge in [-0.3, -0.25) is 9.11 Å². The second-order valence-corrected chi connectivity index (χ2v) is 5.85. The van der Waals surface area contributed by atoms with Gasteiger partial charge in [-0.1, -0.05) is 6.92 Å². The van der Waals surface area contributed by atoms with Crippen LogP contribution in [-0.4, -0.2) is 61.0 Å². The van der Waals surface area contributed by atoms with E-state index in [-0.39, 0.29) is 6.42 Å². The molecular weight excluding hydrogens is 306 g/mol. The summed E-state index contributed by atoms with van der Waals surface area (Å²) < 4.78 is 63.9. The number of nitrogens with one attached hydrogen (secondary N) is 1. The lowest BCUT2D eigenvalue weighted by Crippen LogP contribution is -2.44. The molecule has 1 radical (unpaired) electrons. The van der Waals surface area contributed by atoms with Crippen LogP contribution in [0.2, 0.25) is 0 Å². The van der Waals surface area contributed by atoms with Gasteiger partial charge in [0, 0.05) is 12.5 Å². The van der Waals surface area contributed by atoms with Gasteiger partial charge in [0.15, 0.2) is 0 Å². The van der Waals surface area contributed by atoms with Crippen LogP contribution < -0.4 is 4.72 Å². The summed E-state index contributed by atoms with van der Waals surface area (Å²) in [5.41, 5.74) is 0. The van der Waals surface area contributed by atoms with Gasteiger partial charge < -0.3 is 10.2 Å². The largest absolute Gasteiger partial charge is 0.397 e. The van der Waals surface area contributed by atoms with E-state index in [1.807, 2.05) is 0 Å². The molecule has 3 atom stereocenters. The number of hydrogen-bond donors (Lipinski definition) is 5. The van der Waals surface area contributed by atoms with Crippen LogP contribution in [0.1, 0.15) is 13.3 Å². The summed E-state index contributed by atoms with van der Waals surface area (Å²) in [5, 5.41) is 18.8. The Morgan fingerprint density at radius 1 is 1.21 bits per heavy atom. The fraction of sp³-hybridized carbons (Fsp3) is 0.857. The molecule has 5 N–H and O–H groups in total. The van der Waals surface area contributed by atoms with Crippen LogP contribution >= 0.6 is 0 Å². The van der Waals surface area contributed by atoms with Crippen molar-refractivity contribution in [2.75, 3.05) is 6.61 Å². The molecule has 0 aliphatic rings. The number of aliphatic hydroxyl groups excluding tert-OH is 2. The minimum absolute atomic E-state index is 0.0866. The van der Waals surface area contributed by atoms with Gasteiger partial charge in [0.05, 0.1) is 18.8 Å². The van der Waals surface area contributed by atoms with E-state index < -0.39 is 45.6 Å². The molecule has 0 heterocycles. The van der Waals surface area contributed by atoms with Crippen LogP contribution in [0.15, 0.2) is 0 Å². The number of rotatable bonds is 9. The average molecular weight is 322 g/mol. The fourth-order valence-electron chi connectivity index (χ4n) is 1.16. The molecule has 0 aliphatic carbocycles. The van der Waals surface area contributed by atoms with Crippen LogP contribution in [0.25, 0.3) is 0 Å². The van der Waals surface area contributed by atoms with Crippen LogP contribution in [-0.2, 0) is 24.9 Å². The Labute approximate surface area is 111 Å². The minimum atomic E-state index is -4.72. The van der Waals surface area contributed by atoms with Gasteiger partial charge in [-0.05, 0) is 6.42 Å². The summed E-state index contributed by atoms with van der Waals surface area (Å²) in [6.07, 6.45) is -2.21. The second-order valence-electron chi connectivity index (χ2n) is 3.57. The van der Waals surface area contributed by atoms with E-state index in [0.29, 0.717) is 0 Å². The maximum absolute atomic E-state index is 10.6. The van der Waals surface area contributed by atoms with E-state index in [9.17, 15) is 27.0 Å². The Balaban J connectivity index is 4.36. The molecule has 0 aromatic rings. The SMILES string of the molecule is CCC(NS(=O)(=O)O)[C@@H](O)[CH]C(O)COS(=O)(=O)O. The molecule has 0 bridgehead atoms. The average Bonchev–Trinajstić information content (AvgIpc) is 2.20. The Kier molecular flexibility index (Phi) is 7.31. The normalized spacial score (nSPS) is 17.9. The van der Waals surface area contributed by atoms with Crippen LogP contribution in [0.3, 0.4) is 0 Å². The quantitative estimate of drug-likeness (QED) is 0.298. The van der Waals surface area contributed by atoms with Crippen molar-refractivity contribution in [3.63, 3.8) is 0 Å². The molecule has 19 heavy (non-hydrogen) atoms. The van der Waals surface area contributed by atoms with Crippen molar-refractivity contribution < 1.29 is 40.3 Å². The smallest absolute Gasteiger partial charge is 0.391 e. The highest BCUT2D eigenvalue weighted by atomic mass is 32.3. The molecule has 0 aromatic heterocycles. The zero-order valence-electron chi connectivity index (χ0n) is 9.87. The van der Waals surface area contributed by atoms with Crippen LogP contribution in [0, 0.1) is 6.42 Å².